The third kappa shape index (κ3) is 6.38. The first kappa shape index (κ1) is 36.0. The van der Waals surface area contributed by atoms with Gasteiger partial charge in [-0.3, -0.25) is 9.80 Å². The minimum atomic E-state index is -4.02. The third-order valence-corrected chi connectivity index (χ3v) is 18.8. The summed E-state index contributed by atoms with van der Waals surface area (Å²) in [5, 5.41) is 7.66. The van der Waals surface area contributed by atoms with Crippen molar-refractivity contribution in [3.63, 3.8) is 0 Å². The molecule has 2 N–H and O–H groups in total. The highest BCUT2D eigenvalue weighted by Crippen LogP contribution is 2.61. The molecule has 4 heterocycles. The molecule has 4 aliphatic heterocycles. The van der Waals surface area contributed by atoms with Crippen LogP contribution < -0.4 is 10.6 Å². The SMILES string of the molecule is FC(F)(F)C1CCCCC1C1CCC2C(C1)C1CC3C4CCCCC4N(C4CCC(C5CCNC6NCCCC65)CC4)C3CC1N2C1CCCCC1. The van der Waals surface area contributed by atoms with Crippen molar-refractivity contribution in [1.29, 1.82) is 0 Å². The standard InChI is InChI=1S/C45H73F3N4/c46-45(47,48)39-14-6-4-11-33(39)29-18-21-41-36(25-29)38-26-37-34-12-5-7-15-40(34)52(42(37)27-43(38)51(41)30-9-2-1-3-10-30)31-19-16-28(17-20-31)32-22-24-50-44-35(32)13-8-23-49-44/h28-44,49-50H,1-27H2. The zero-order valence-corrected chi connectivity index (χ0v) is 32.4. The van der Waals surface area contributed by atoms with E-state index in [1.54, 1.807) is 0 Å². The second-order valence-corrected chi connectivity index (χ2v) is 20.7. The van der Waals surface area contributed by atoms with Gasteiger partial charge in [-0.25, -0.2) is 0 Å². The summed E-state index contributed by atoms with van der Waals surface area (Å²) in [4.78, 5) is 6.42. The van der Waals surface area contributed by atoms with E-state index in [9.17, 15) is 13.2 Å². The number of hydrogen-bond donors (Lipinski definition) is 2. The molecule has 0 spiro atoms. The smallest absolute Gasteiger partial charge is 0.302 e. The summed E-state index contributed by atoms with van der Waals surface area (Å²) in [6.07, 6.45) is 28.2. The van der Waals surface area contributed by atoms with E-state index < -0.39 is 12.1 Å². The largest absolute Gasteiger partial charge is 0.392 e. The van der Waals surface area contributed by atoms with Gasteiger partial charge in [0.05, 0.1) is 12.1 Å². The van der Waals surface area contributed by atoms with E-state index in [0.717, 1.165) is 91.8 Å². The Hall–Kier alpha value is -0.370. The molecule has 0 bridgehead atoms. The first-order valence-electron chi connectivity index (χ1n) is 23.5. The summed E-state index contributed by atoms with van der Waals surface area (Å²) >= 11 is 0. The Morgan fingerprint density at radius 1 is 0.385 bits per heavy atom. The fourth-order valence-corrected chi connectivity index (χ4v) is 17.0. The Morgan fingerprint density at radius 3 is 1.77 bits per heavy atom. The number of fused-ring (bicyclic) bond motifs is 7. The molecule has 7 heteroatoms. The van der Waals surface area contributed by atoms with Gasteiger partial charge in [0.2, 0.25) is 0 Å². The van der Waals surface area contributed by atoms with Gasteiger partial charge in [-0.05, 0) is 182 Å². The number of piperidine rings is 2. The number of halogens is 3. The fraction of sp³-hybridized carbons (Fsp3) is 1.00. The van der Waals surface area contributed by atoms with Crippen molar-refractivity contribution >= 4 is 0 Å². The Morgan fingerprint density at radius 2 is 0.981 bits per heavy atom. The summed E-state index contributed by atoms with van der Waals surface area (Å²) < 4.78 is 43.3. The van der Waals surface area contributed by atoms with Crippen LogP contribution in [0.4, 0.5) is 13.2 Å². The van der Waals surface area contributed by atoms with Gasteiger partial charge in [0.25, 0.3) is 0 Å². The van der Waals surface area contributed by atoms with Crippen molar-refractivity contribution in [3.05, 3.63) is 0 Å². The van der Waals surface area contributed by atoms with Crippen LogP contribution in [0.2, 0.25) is 0 Å². The maximum absolute atomic E-state index is 14.4. The molecule has 4 nitrogen and oxygen atoms in total. The molecule has 10 aliphatic rings. The predicted molar refractivity (Wildman–Crippen MR) is 203 cm³/mol. The minimum absolute atomic E-state index is 0.113. The summed E-state index contributed by atoms with van der Waals surface area (Å²) in [5.74, 6) is 4.94. The van der Waals surface area contributed by atoms with Gasteiger partial charge in [0, 0.05) is 36.3 Å². The van der Waals surface area contributed by atoms with Gasteiger partial charge >= 0.3 is 6.18 Å². The van der Waals surface area contributed by atoms with Crippen LogP contribution in [0.3, 0.4) is 0 Å². The first-order valence-corrected chi connectivity index (χ1v) is 23.5. The van der Waals surface area contributed by atoms with E-state index in [1.807, 2.05) is 0 Å². The molecule has 4 saturated heterocycles. The molecule has 0 radical (unpaired) electrons. The van der Waals surface area contributed by atoms with Crippen molar-refractivity contribution in [2.24, 2.45) is 59.2 Å². The third-order valence-electron chi connectivity index (χ3n) is 18.8. The van der Waals surface area contributed by atoms with Crippen molar-refractivity contribution in [2.45, 2.75) is 209 Å². The van der Waals surface area contributed by atoms with Crippen molar-refractivity contribution < 1.29 is 13.2 Å². The van der Waals surface area contributed by atoms with Crippen molar-refractivity contribution in [1.82, 2.24) is 20.4 Å². The summed E-state index contributed by atoms with van der Waals surface area (Å²) in [7, 11) is 0. The summed E-state index contributed by atoms with van der Waals surface area (Å²) in [6, 6.07) is 4.43. The summed E-state index contributed by atoms with van der Waals surface area (Å²) in [5.41, 5.74) is 0. The lowest BCUT2D eigenvalue weighted by Gasteiger charge is -2.50. The summed E-state index contributed by atoms with van der Waals surface area (Å²) in [6.45, 7) is 2.39. The second-order valence-electron chi connectivity index (χ2n) is 20.7. The van der Waals surface area contributed by atoms with Gasteiger partial charge < -0.3 is 10.6 Å². The normalized spacial score (nSPS) is 50.8. The average molecular weight is 727 g/mol. The van der Waals surface area contributed by atoms with Crippen LogP contribution in [0.5, 0.6) is 0 Å². The molecule has 0 amide bonds. The zero-order chi connectivity index (χ0) is 35.0. The van der Waals surface area contributed by atoms with E-state index >= 15 is 0 Å². The second kappa shape index (κ2) is 14.9. The lowest BCUT2D eigenvalue weighted by atomic mass is 9.61. The van der Waals surface area contributed by atoms with Gasteiger partial charge in [0.15, 0.2) is 0 Å². The van der Waals surface area contributed by atoms with Crippen molar-refractivity contribution in [2.75, 3.05) is 13.1 Å². The molecule has 6 saturated carbocycles. The van der Waals surface area contributed by atoms with Crippen LogP contribution in [0.1, 0.15) is 161 Å². The van der Waals surface area contributed by atoms with Crippen LogP contribution in [0, 0.1) is 59.2 Å². The minimum Gasteiger partial charge on any atom is -0.302 e. The molecule has 0 aromatic carbocycles. The Kier molecular flexibility index (Phi) is 10.3. The van der Waals surface area contributed by atoms with Gasteiger partial charge in [-0.2, -0.15) is 13.2 Å². The maximum Gasteiger partial charge on any atom is 0.392 e. The van der Waals surface area contributed by atoms with Gasteiger partial charge in [-0.15, -0.1) is 0 Å². The quantitative estimate of drug-likeness (QED) is 0.302. The Labute approximate surface area is 314 Å². The molecule has 0 aromatic heterocycles. The first-order chi connectivity index (χ1) is 25.4. The Balaban J connectivity index is 0.895. The molecule has 14 atom stereocenters. The molecule has 10 fully saturated rings. The van der Waals surface area contributed by atoms with E-state index in [-0.39, 0.29) is 5.92 Å². The van der Waals surface area contributed by atoms with E-state index in [0.29, 0.717) is 36.5 Å². The number of nitrogens with one attached hydrogen (secondary N) is 2. The van der Waals surface area contributed by atoms with Crippen LogP contribution in [0.15, 0.2) is 0 Å². The van der Waals surface area contributed by atoms with E-state index in [4.69, 9.17) is 0 Å². The monoisotopic (exact) mass is 727 g/mol. The highest BCUT2D eigenvalue weighted by Gasteiger charge is 2.62. The van der Waals surface area contributed by atoms with Crippen LogP contribution in [0.25, 0.3) is 0 Å². The lowest BCUT2D eigenvalue weighted by molar-refractivity contribution is -0.204. The molecule has 10 rings (SSSR count). The zero-order valence-electron chi connectivity index (χ0n) is 32.4. The molecule has 52 heavy (non-hydrogen) atoms. The van der Waals surface area contributed by atoms with Gasteiger partial charge in [-0.1, -0.05) is 44.9 Å². The average Bonchev–Trinajstić information content (AvgIpc) is 3.68. The maximum atomic E-state index is 14.4. The Bertz CT molecular complexity index is 1210. The molecule has 0 aromatic rings. The van der Waals surface area contributed by atoms with Crippen LogP contribution >= 0.6 is 0 Å². The number of hydrogen-bond acceptors (Lipinski definition) is 4. The highest BCUT2D eigenvalue weighted by molar-refractivity contribution is 5.15. The fourth-order valence-electron chi connectivity index (χ4n) is 17.0. The molecule has 6 aliphatic carbocycles. The lowest BCUT2D eigenvalue weighted by Crippen LogP contribution is -2.58. The van der Waals surface area contributed by atoms with E-state index in [2.05, 4.69) is 20.4 Å². The highest BCUT2D eigenvalue weighted by atomic mass is 19.4. The van der Waals surface area contributed by atoms with Crippen molar-refractivity contribution in [3.8, 4) is 0 Å². The molecule has 294 valence electrons. The molecular formula is C45H73F3N4. The van der Waals surface area contributed by atoms with Crippen LogP contribution in [-0.2, 0) is 0 Å². The molecular weight excluding hydrogens is 654 g/mol. The number of nitrogens with zero attached hydrogens (tertiary/aromatic N) is 2. The van der Waals surface area contributed by atoms with Crippen LogP contribution in [-0.4, -0.2) is 71.5 Å². The predicted octanol–water partition coefficient (Wildman–Crippen LogP) is 9.92. The topological polar surface area (TPSA) is 30.5 Å². The number of likely N-dealkylation sites (tertiary alicyclic amines) is 2. The number of alkyl halides is 3. The van der Waals surface area contributed by atoms with Gasteiger partial charge in [0.1, 0.15) is 0 Å². The molecule has 14 unspecified atom stereocenters. The number of rotatable bonds is 4. The van der Waals surface area contributed by atoms with E-state index in [1.165, 1.54) is 135 Å².